The van der Waals surface area contributed by atoms with Crippen LogP contribution in [0, 0.1) is 6.92 Å². The normalized spacial score (nSPS) is 13.3. The van der Waals surface area contributed by atoms with Crippen LogP contribution in [0.5, 0.6) is 0 Å². The number of rotatable bonds is 4. The van der Waals surface area contributed by atoms with Crippen LogP contribution in [-0.4, -0.2) is 30.5 Å². The number of aromatic nitrogens is 1. The zero-order valence-corrected chi connectivity index (χ0v) is 11.8. The Hall–Kier alpha value is -1.99. The minimum atomic E-state index is -3.94. The third-order valence-corrected chi connectivity index (χ3v) is 4.37. The molecule has 0 aliphatic heterocycles. The molecule has 0 saturated carbocycles. The Balaban J connectivity index is 2.55. The number of pyridine rings is 1. The second kappa shape index (κ2) is 5.18. The number of hydrogen-bond acceptors (Lipinski definition) is 4. The van der Waals surface area contributed by atoms with Crippen LogP contribution in [0.4, 0.5) is 0 Å². The lowest BCUT2D eigenvalue weighted by Gasteiger charge is -2.11. The van der Waals surface area contributed by atoms with Gasteiger partial charge in [-0.3, -0.25) is 9.78 Å². The molecule has 0 bridgehead atoms. The molecule has 1 aromatic carbocycles. The summed E-state index contributed by atoms with van der Waals surface area (Å²) in [6.45, 7) is 3.13. The van der Waals surface area contributed by atoms with Crippen molar-refractivity contribution in [3.63, 3.8) is 0 Å². The summed E-state index contributed by atoms with van der Waals surface area (Å²) in [7, 11) is -3.94. The smallest absolute Gasteiger partial charge is 0.321 e. The van der Waals surface area contributed by atoms with Crippen molar-refractivity contribution in [1.29, 1.82) is 0 Å². The molecule has 0 aliphatic rings. The third kappa shape index (κ3) is 2.78. The number of hydrogen-bond donors (Lipinski definition) is 2. The molecule has 2 aromatic rings. The van der Waals surface area contributed by atoms with Crippen LogP contribution in [0.15, 0.2) is 35.4 Å². The van der Waals surface area contributed by atoms with Gasteiger partial charge in [0.05, 0.1) is 5.52 Å². The molecule has 7 heteroatoms. The van der Waals surface area contributed by atoms with Crippen molar-refractivity contribution >= 4 is 26.9 Å². The predicted molar refractivity (Wildman–Crippen MR) is 73.9 cm³/mol. The zero-order valence-electron chi connectivity index (χ0n) is 11.0. The van der Waals surface area contributed by atoms with Gasteiger partial charge >= 0.3 is 5.97 Å². The average molecular weight is 294 g/mol. The molecule has 0 saturated heterocycles. The van der Waals surface area contributed by atoms with Crippen LogP contribution >= 0.6 is 0 Å². The number of nitrogens with zero attached hydrogens (tertiary/aromatic N) is 1. The Bertz CT molecular complexity index is 771. The van der Waals surface area contributed by atoms with Crippen LogP contribution < -0.4 is 4.72 Å². The van der Waals surface area contributed by atoms with Crippen LogP contribution in [0.25, 0.3) is 10.9 Å². The first kappa shape index (κ1) is 14.4. The summed E-state index contributed by atoms with van der Waals surface area (Å²) >= 11 is 0. The fourth-order valence-electron chi connectivity index (χ4n) is 1.81. The van der Waals surface area contributed by atoms with Gasteiger partial charge in [0.2, 0.25) is 10.0 Å². The van der Waals surface area contributed by atoms with E-state index in [0.717, 1.165) is 5.56 Å². The number of aryl methyl sites for hydroxylation is 1. The first-order valence-electron chi connectivity index (χ1n) is 5.92. The van der Waals surface area contributed by atoms with E-state index >= 15 is 0 Å². The highest BCUT2D eigenvalue weighted by molar-refractivity contribution is 7.89. The number of aliphatic carboxylic acids is 1. The lowest BCUT2D eigenvalue weighted by molar-refractivity contribution is -0.138. The quantitative estimate of drug-likeness (QED) is 0.886. The molecular formula is C13H14N2O4S. The monoisotopic (exact) mass is 294 g/mol. The van der Waals surface area contributed by atoms with E-state index in [1.807, 2.05) is 13.0 Å². The number of benzene rings is 1. The van der Waals surface area contributed by atoms with Gasteiger partial charge in [-0.1, -0.05) is 12.1 Å². The van der Waals surface area contributed by atoms with Crippen LogP contribution in [-0.2, 0) is 14.8 Å². The molecule has 1 atom stereocenters. The highest BCUT2D eigenvalue weighted by Gasteiger charge is 2.23. The molecule has 6 nitrogen and oxygen atoms in total. The van der Waals surface area contributed by atoms with Crippen LogP contribution in [0.1, 0.15) is 12.5 Å². The summed E-state index contributed by atoms with van der Waals surface area (Å²) in [6.07, 6.45) is 1.57. The fraction of sp³-hybridized carbons (Fsp3) is 0.231. The van der Waals surface area contributed by atoms with Gasteiger partial charge in [0.25, 0.3) is 0 Å². The molecule has 0 spiro atoms. The Morgan fingerprint density at radius 3 is 2.75 bits per heavy atom. The van der Waals surface area contributed by atoms with Gasteiger partial charge in [0.1, 0.15) is 10.9 Å². The Kier molecular flexibility index (Phi) is 3.74. The molecule has 1 aromatic heterocycles. The molecule has 0 radical (unpaired) electrons. The van der Waals surface area contributed by atoms with E-state index in [2.05, 4.69) is 9.71 Å². The standard InChI is InChI=1S/C13H14N2O4S/c1-8-6-10-4-3-5-11(12(10)14-7-8)20(18,19)15-9(2)13(16)17/h3-7,9,15H,1-2H3,(H,16,17)/t9-/m0/s1. The second-order valence-corrected chi connectivity index (χ2v) is 6.20. The molecule has 0 unspecified atom stereocenters. The maximum absolute atomic E-state index is 12.2. The van der Waals surface area contributed by atoms with Gasteiger partial charge in [-0.15, -0.1) is 0 Å². The highest BCUT2D eigenvalue weighted by Crippen LogP contribution is 2.21. The topological polar surface area (TPSA) is 96.4 Å². The van der Waals surface area contributed by atoms with Crippen molar-refractivity contribution in [1.82, 2.24) is 9.71 Å². The van der Waals surface area contributed by atoms with Crippen molar-refractivity contribution in [2.75, 3.05) is 0 Å². The summed E-state index contributed by atoms with van der Waals surface area (Å²) in [4.78, 5) is 14.9. The van der Waals surface area contributed by atoms with E-state index < -0.39 is 22.0 Å². The molecule has 0 aliphatic carbocycles. The van der Waals surface area contributed by atoms with Gasteiger partial charge in [-0.25, -0.2) is 8.42 Å². The molecule has 1 heterocycles. The summed E-state index contributed by atoms with van der Waals surface area (Å²) in [5.74, 6) is -1.24. The minimum Gasteiger partial charge on any atom is -0.480 e. The number of para-hydroxylation sites is 1. The van der Waals surface area contributed by atoms with E-state index in [-0.39, 0.29) is 4.90 Å². The predicted octanol–water partition coefficient (Wildman–Crippen LogP) is 1.29. The lowest BCUT2D eigenvalue weighted by Crippen LogP contribution is -2.38. The summed E-state index contributed by atoms with van der Waals surface area (Å²) in [5.41, 5.74) is 1.24. The van der Waals surface area contributed by atoms with Gasteiger partial charge < -0.3 is 5.11 Å². The molecule has 0 fully saturated rings. The van der Waals surface area contributed by atoms with Gasteiger partial charge in [-0.05, 0) is 31.5 Å². The first-order valence-corrected chi connectivity index (χ1v) is 7.40. The summed E-state index contributed by atoms with van der Waals surface area (Å²) < 4.78 is 26.6. The first-order chi connectivity index (χ1) is 9.31. The second-order valence-electron chi connectivity index (χ2n) is 4.52. The summed E-state index contributed by atoms with van der Waals surface area (Å²) in [5, 5.41) is 9.49. The van der Waals surface area contributed by atoms with Crippen molar-refractivity contribution in [2.24, 2.45) is 0 Å². The minimum absolute atomic E-state index is 0.0249. The molecular weight excluding hydrogens is 280 g/mol. The number of sulfonamides is 1. The number of carbonyl (C=O) groups is 1. The molecule has 20 heavy (non-hydrogen) atoms. The van der Waals surface area contributed by atoms with E-state index in [1.54, 1.807) is 18.3 Å². The van der Waals surface area contributed by atoms with Gasteiger partial charge in [0.15, 0.2) is 0 Å². The van der Waals surface area contributed by atoms with Crippen molar-refractivity contribution in [2.45, 2.75) is 24.8 Å². The SMILES string of the molecule is Cc1cnc2c(S(=O)(=O)N[C@@H](C)C(=O)O)cccc2c1. The van der Waals surface area contributed by atoms with Crippen molar-refractivity contribution in [3.05, 3.63) is 36.0 Å². The van der Waals surface area contributed by atoms with E-state index in [1.165, 1.54) is 13.0 Å². The maximum Gasteiger partial charge on any atom is 0.321 e. The average Bonchev–Trinajstić information content (AvgIpc) is 2.36. The zero-order chi connectivity index (χ0) is 14.9. The van der Waals surface area contributed by atoms with Crippen molar-refractivity contribution < 1.29 is 18.3 Å². The number of nitrogens with one attached hydrogen (secondary N) is 1. The Morgan fingerprint density at radius 2 is 2.10 bits per heavy atom. The lowest BCUT2D eigenvalue weighted by atomic mass is 10.2. The van der Waals surface area contributed by atoms with Gasteiger partial charge in [0, 0.05) is 11.6 Å². The Morgan fingerprint density at radius 1 is 1.40 bits per heavy atom. The molecule has 2 N–H and O–H groups in total. The van der Waals surface area contributed by atoms with Crippen LogP contribution in [0.3, 0.4) is 0 Å². The number of carboxylic acid groups (broad SMARTS) is 1. The fourth-order valence-corrected chi connectivity index (χ4v) is 3.18. The summed E-state index contributed by atoms with van der Waals surface area (Å²) in [6, 6.07) is 5.38. The van der Waals surface area contributed by atoms with Gasteiger partial charge in [-0.2, -0.15) is 4.72 Å². The molecule has 0 amide bonds. The molecule has 2 rings (SSSR count). The Labute approximate surface area is 116 Å². The van der Waals surface area contributed by atoms with E-state index in [0.29, 0.717) is 10.9 Å². The molecule has 106 valence electrons. The largest absolute Gasteiger partial charge is 0.480 e. The van der Waals surface area contributed by atoms with E-state index in [9.17, 15) is 13.2 Å². The van der Waals surface area contributed by atoms with Crippen LogP contribution in [0.2, 0.25) is 0 Å². The highest BCUT2D eigenvalue weighted by atomic mass is 32.2. The van der Waals surface area contributed by atoms with E-state index in [4.69, 9.17) is 5.11 Å². The third-order valence-electron chi connectivity index (χ3n) is 2.80. The maximum atomic E-state index is 12.2. The van der Waals surface area contributed by atoms with Crippen molar-refractivity contribution in [3.8, 4) is 0 Å². The number of carboxylic acids is 1. The number of fused-ring (bicyclic) bond motifs is 1.